The standard InChI is InChI=1S/C26H29FN4O/c1-30-22-8-3-2-7-21(22)29-24(30)18-31-16-5-4-14-26(15-6-9-23(26)31)25(32)28-17-19-10-12-20(27)13-11-19/h2-5,7-8,10-13,23H,6,9,14-18H2,1H3,(H,28,32)/t23-,26-/m1/s1. The molecule has 0 bridgehead atoms. The predicted octanol–water partition coefficient (Wildman–Crippen LogP) is 4.33. The van der Waals surface area contributed by atoms with Crippen LogP contribution in [0.15, 0.2) is 60.7 Å². The number of halogens is 1. The topological polar surface area (TPSA) is 50.2 Å². The Kier molecular flexibility index (Phi) is 5.55. The van der Waals surface area contributed by atoms with E-state index < -0.39 is 5.41 Å². The van der Waals surface area contributed by atoms with Crippen LogP contribution >= 0.6 is 0 Å². The van der Waals surface area contributed by atoms with Gasteiger partial charge < -0.3 is 9.88 Å². The van der Waals surface area contributed by atoms with Gasteiger partial charge in [-0.3, -0.25) is 9.69 Å². The van der Waals surface area contributed by atoms with Crippen LogP contribution in [-0.2, 0) is 24.9 Å². The van der Waals surface area contributed by atoms with Gasteiger partial charge in [0.2, 0.25) is 5.91 Å². The van der Waals surface area contributed by atoms with E-state index in [1.54, 1.807) is 12.1 Å². The molecule has 1 fully saturated rings. The second-order valence-corrected chi connectivity index (χ2v) is 9.05. The summed E-state index contributed by atoms with van der Waals surface area (Å²) in [6.07, 6.45) is 8.06. The molecule has 0 saturated heterocycles. The van der Waals surface area contributed by atoms with Crippen molar-refractivity contribution in [3.8, 4) is 0 Å². The van der Waals surface area contributed by atoms with Crippen molar-refractivity contribution in [1.82, 2.24) is 19.8 Å². The lowest BCUT2D eigenvalue weighted by atomic mass is 9.78. The lowest BCUT2D eigenvalue weighted by Gasteiger charge is -2.38. The fourth-order valence-corrected chi connectivity index (χ4v) is 5.47. The number of allylic oxidation sites excluding steroid dienone is 1. The number of aromatic nitrogens is 2. The number of fused-ring (bicyclic) bond motifs is 2. The molecule has 1 N–H and O–H groups in total. The first-order valence-corrected chi connectivity index (χ1v) is 11.4. The number of carbonyl (C=O) groups excluding carboxylic acids is 1. The Morgan fingerprint density at radius 3 is 2.81 bits per heavy atom. The highest BCUT2D eigenvalue weighted by molar-refractivity contribution is 5.84. The largest absolute Gasteiger partial charge is 0.351 e. The summed E-state index contributed by atoms with van der Waals surface area (Å²) >= 11 is 0. The average molecular weight is 433 g/mol. The number of aryl methyl sites for hydroxylation is 1. The van der Waals surface area contributed by atoms with Crippen LogP contribution in [0.1, 0.15) is 37.1 Å². The number of nitrogens with zero attached hydrogens (tertiary/aromatic N) is 3. The molecular weight excluding hydrogens is 403 g/mol. The predicted molar refractivity (Wildman–Crippen MR) is 123 cm³/mol. The lowest BCUT2D eigenvalue weighted by molar-refractivity contribution is -0.134. The molecule has 5 rings (SSSR count). The van der Waals surface area contributed by atoms with Gasteiger partial charge >= 0.3 is 0 Å². The molecule has 0 unspecified atom stereocenters. The third kappa shape index (κ3) is 3.73. The van der Waals surface area contributed by atoms with Crippen molar-refractivity contribution >= 4 is 16.9 Å². The number of imidazole rings is 1. The minimum atomic E-state index is -0.433. The molecule has 2 aromatic carbocycles. The van der Waals surface area contributed by atoms with Crippen LogP contribution in [0.2, 0.25) is 0 Å². The Morgan fingerprint density at radius 1 is 1.19 bits per heavy atom. The smallest absolute Gasteiger partial charge is 0.228 e. The summed E-state index contributed by atoms with van der Waals surface area (Å²) in [5.74, 6) is 0.862. The van der Waals surface area contributed by atoms with Gasteiger partial charge in [-0.2, -0.15) is 0 Å². The highest BCUT2D eigenvalue weighted by Gasteiger charge is 2.51. The van der Waals surface area contributed by atoms with Crippen LogP contribution in [-0.4, -0.2) is 32.9 Å². The Hall–Kier alpha value is -2.99. The molecule has 1 saturated carbocycles. The van der Waals surface area contributed by atoms with Crippen LogP contribution < -0.4 is 5.32 Å². The summed E-state index contributed by atoms with van der Waals surface area (Å²) in [4.78, 5) is 20.8. The summed E-state index contributed by atoms with van der Waals surface area (Å²) in [5, 5.41) is 3.15. The van der Waals surface area contributed by atoms with Crippen LogP contribution in [0.25, 0.3) is 11.0 Å². The molecule has 1 aliphatic carbocycles. The Balaban J connectivity index is 1.37. The highest BCUT2D eigenvalue weighted by atomic mass is 19.1. The summed E-state index contributed by atoms with van der Waals surface area (Å²) < 4.78 is 15.4. The van der Waals surface area contributed by atoms with Gasteiger partial charge in [0.25, 0.3) is 0 Å². The van der Waals surface area contributed by atoms with Crippen molar-refractivity contribution in [2.24, 2.45) is 12.5 Å². The van der Waals surface area contributed by atoms with Crippen LogP contribution in [0.3, 0.4) is 0 Å². The van der Waals surface area contributed by atoms with Crippen molar-refractivity contribution < 1.29 is 9.18 Å². The van der Waals surface area contributed by atoms with E-state index in [2.05, 4.69) is 40.0 Å². The normalized spacial score (nSPS) is 23.2. The van der Waals surface area contributed by atoms with E-state index in [0.29, 0.717) is 13.1 Å². The molecule has 166 valence electrons. The average Bonchev–Trinajstić information content (AvgIpc) is 3.32. The number of rotatable bonds is 5. The molecular formula is C26H29FN4O. The number of nitrogens with one attached hydrogen (secondary N) is 1. The number of carbonyl (C=O) groups is 1. The molecule has 2 aliphatic rings. The van der Waals surface area contributed by atoms with Gasteiger partial charge in [-0.1, -0.05) is 42.8 Å². The zero-order chi connectivity index (χ0) is 22.1. The maximum Gasteiger partial charge on any atom is 0.228 e. The first-order valence-electron chi connectivity index (χ1n) is 11.4. The van der Waals surface area contributed by atoms with Gasteiger partial charge in [0.15, 0.2) is 0 Å². The van der Waals surface area contributed by atoms with E-state index in [4.69, 9.17) is 4.98 Å². The first-order chi connectivity index (χ1) is 15.6. The molecule has 5 nitrogen and oxygen atoms in total. The second kappa shape index (κ2) is 8.51. The molecule has 3 aromatic rings. The van der Waals surface area contributed by atoms with Gasteiger partial charge in [0.1, 0.15) is 11.6 Å². The van der Waals surface area contributed by atoms with E-state index in [1.165, 1.54) is 12.1 Å². The quantitative estimate of drug-likeness (QED) is 0.611. The van der Waals surface area contributed by atoms with Crippen molar-refractivity contribution in [1.29, 1.82) is 0 Å². The summed E-state index contributed by atoms with van der Waals surface area (Å²) in [7, 11) is 2.07. The highest BCUT2D eigenvalue weighted by Crippen LogP contribution is 2.46. The molecule has 2 atom stereocenters. The molecule has 1 aromatic heterocycles. The maximum atomic E-state index is 13.5. The van der Waals surface area contributed by atoms with E-state index in [1.807, 2.05) is 18.2 Å². The van der Waals surface area contributed by atoms with Crippen molar-refractivity contribution in [2.45, 2.75) is 44.8 Å². The third-order valence-electron chi connectivity index (χ3n) is 7.21. The SMILES string of the molecule is Cn1c(CN2CC=CC[C@@]3(C(=O)NCc4ccc(F)cc4)CCC[C@@H]23)nc2ccccc21. The van der Waals surface area contributed by atoms with Crippen molar-refractivity contribution in [3.05, 3.63) is 77.9 Å². The minimum absolute atomic E-state index is 0.103. The maximum absolute atomic E-state index is 13.5. The van der Waals surface area contributed by atoms with Crippen LogP contribution in [0.4, 0.5) is 4.39 Å². The molecule has 1 amide bonds. The summed E-state index contributed by atoms with van der Waals surface area (Å²) in [6, 6.07) is 14.7. The monoisotopic (exact) mass is 432 g/mol. The Bertz CT molecular complexity index is 1150. The molecule has 2 heterocycles. The third-order valence-corrected chi connectivity index (χ3v) is 7.21. The van der Waals surface area contributed by atoms with Crippen LogP contribution in [0.5, 0.6) is 0 Å². The first kappa shape index (κ1) is 20.9. The number of hydrogen-bond acceptors (Lipinski definition) is 3. The Labute approximate surface area is 187 Å². The Morgan fingerprint density at radius 2 is 2.00 bits per heavy atom. The van der Waals surface area contributed by atoms with E-state index in [9.17, 15) is 9.18 Å². The second-order valence-electron chi connectivity index (χ2n) is 9.05. The van der Waals surface area contributed by atoms with Gasteiger partial charge in [-0.05, 0) is 49.1 Å². The van der Waals surface area contributed by atoms with E-state index in [-0.39, 0.29) is 17.8 Å². The van der Waals surface area contributed by atoms with Crippen molar-refractivity contribution in [2.75, 3.05) is 6.54 Å². The minimum Gasteiger partial charge on any atom is -0.351 e. The van der Waals surface area contributed by atoms with Crippen LogP contribution in [0, 0.1) is 11.2 Å². The zero-order valence-corrected chi connectivity index (χ0v) is 18.4. The lowest BCUT2D eigenvalue weighted by Crippen LogP contribution is -2.51. The molecule has 32 heavy (non-hydrogen) atoms. The van der Waals surface area contributed by atoms with E-state index >= 15 is 0 Å². The summed E-state index contributed by atoms with van der Waals surface area (Å²) in [5.41, 5.74) is 2.61. The molecule has 0 spiro atoms. The fourth-order valence-electron chi connectivity index (χ4n) is 5.47. The molecule has 1 aliphatic heterocycles. The van der Waals surface area contributed by atoms with Crippen molar-refractivity contribution in [3.63, 3.8) is 0 Å². The molecule has 6 heteroatoms. The number of hydrogen-bond donors (Lipinski definition) is 1. The van der Waals surface area contributed by atoms with Gasteiger partial charge in [0.05, 0.1) is 23.0 Å². The molecule has 0 radical (unpaired) electrons. The van der Waals surface area contributed by atoms with Gasteiger partial charge in [-0.25, -0.2) is 9.37 Å². The number of amides is 1. The fraction of sp³-hybridized carbons (Fsp3) is 0.385. The number of benzene rings is 2. The van der Waals surface area contributed by atoms with Gasteiger partial charge in [0, 0.05) is 26.2 Å². The van der Waals surface area contributed by atoms with Gasteiger partial charge in [-0.15, -0.1) is 0 Å². The zero-order valence-electron chi connectivity index (χ0n) is 18.4. The number of para-hydroxylation sites is 2. The van der Waals surface area contributed by atoms with E-state index in [0.717, 1.165) is 54.6 Å². The summed E-state index contributed by atoms with van der Waals surface area (Å²) in [6.45, 7) is 1.95.